The van der Waals surface area contributed by atoms with E-state index in [1.54, 1.807) is 12.3 Å². The number of hydrogen-bond donors (Lipinski definition) is 0. The van der Waals surface area contributed by atoms with Gasteiger partial charge in [-0.1, -0.05) is 17.7 Å². The third kappa shape index (κ3) is 1.57. The van der Waals surface area contributed by atoms with Crippen molar-refractivity contribution in [3.8, 4) is 5.69 Å². The van der Waals surface area contributed by atoms with Crippen LogP contribution in [-0.4, -0.2) is 9.55 Å². The van der Waals surface area contributed by atoms with Gasteiger partial charge in [0.1, 0.15) is 0 Å². The standard InChI is InChI=1S/C11H10N2O/c1-9-3-5-10(6-4-9)13-8-2-7-12-11(13)14/h2-8H,1H3. The molecule has 0 saturated carbocycles. The van der Waals surface area contributed by atoms with Crippen LogP contribution in [0.15, 0.2) is 47.5 Å². The predicted molar refractivity (Wildman–Crippen MR) is 54.6 cm³/mol. The van der Waals surface area contributed by atoms with Gasteiger partial charge in [0.05, 0.1) is 5.69 Å². The van der Waals surface area contributed by atoms with E-state index in [4.69, 9.17) is 0 Å². The maximum atomic E-state index is 11.4. The van der Waals surface area contributed by atoms with E-state index in [9.17, 15) is 4.79 Å². The summed E-state index contributed by atoms with van der Waals surface area (Å²) in [6.07, 6.45) is 3.20. The summed E-state index contributed by atoms with van der Waals surface area (Å²) in [6.45, 7) is 2.01. The number of rotatable bonds is 1. The van der Waals surface area contributed by atoms with Crippen molar-refractivity contribution in [1.82, 2.24) is 9.55 Å². The third-order valence-corrected chi connectivity index (χ3v) is 2.02. The zero-order chi connectivity index (χ0) is 9.97. The van der Waals surface area contributed by atoms with Crippen LogP contribution in [0.4, 0.5) is 0 Å². The lowest BCUT2D eigenvalue weighted by Gasteiger charge is -2.03. The van der Waals surface area contributed by atoms with E-state index in [0.717, 1.165) is 5.69 Å². The molecule has 0 N–H and O–H groups in total. The highest BCUT2D eigenvalue weighted by molar-refractivity contribution is 5.33. The average molecular weight is 186 g/mol. The van der Waals surface area contributed by atoms with E-state index in [1.807, 2.05) is 31.2 Å². The first kappa shape index (κ1) is 8.69. The van der Waals surface area contributed by atoms with E-state index < -0.39 is 0 Å². The fraction of sp³-hybridized carbons (Fsp3) is 0.0909. The van der Waals surface area contributed by atoms with E-state index in [-0.39, 0.29) is 5.69 Å². The quantitative estimate of drug-likeness (QED) is 0.677. The average Bonchev–Trinajstić information content (AvgIpc) is 2.20. The first-order valence-corrected chi connectivity index (χ1v) is 4.38. The van der Waals surface area contributed by atoms with Crippen molar-refractivity contribution in [2.75, 3.05) is 0 Å². The second kappa shape index (κ2) is 3.46. The van der Waals surface area contributed by atoms with Crippen LogP contribution in [0.5, 0.6) is 0 Å². The van der Waals surface area contributed by atoms with Gasteiger partial charge in [-0.2, -0.15) is 0 Å². The molecule has 70 valence electrons. The smallest absolute Gasteiger partial charge is 0.268 e. The maximum absolute atomic E-state index is 11.4. The summed E-state index contributed by atoms with van der Waals surface area (Å²) in [4.78, 5) is 15.0. The summed E-state index contributed by atoms with van der Waals surface area (Å²) >= 11 is 0. The lowest BCUT2D eigenvalue weighted by atomic mass is 10.2. The Balaban J connectivity index is 2.56. The molecule has 2 aromatic rings. The molecule has 3 nitrogen and oxygen atoms in total. The van der Waals surface area contributed by atoms with Crippen molar-refractivity contribution in [3.63, 3.8) is 0 Å². The van der Waals surface area contributed by atoms with Crippen LogP contribution in [0, 0.1) is 6.92 Å². The molecule has 0 bridgehead atoms. The van der Waals surface area contributed by atoms with Gasteiger partial charge in [-0.15, -0.1) is 0 Å². The molecule has 0 unspecified atom stereocenters. The maximum Gasteiger partial charge on any atom is 0.352 e. The molecule has 1 heterocycles. The van der Waals surface area contributed by atoms with Crippen molar-refractivity contribution in [1.29, 1.82) is 0 Å². The molecule has 0 spiro atoms. The van der Waals surface area contributed by atoms with Gasteiger partial charge in [0.25, 0.3) is 0 Å². The van der Waals surface area contributed by atoms with Gasteiger partial charge in [-0.25, -0.2) is 9.78 Å². The van der Waals surface area contributed by atoms with Gasteiger partial charge in [0.15, 0.2) is 0 Å². The third-order valence-electron chi connectivity index (χ3n) is 2.02. The molecule has 0 amide bonds. The summed E-state index contributed by atoms with van der Waals surface area (Å²) in [6, 6.07) is 9.47. The summed E-state index contributed by atoms with van der Waals surface area (Å²) in [5.41, 5.74) is 1.76. The molecule has 0 aliphatic rings. The zero-order valence-corrected chi connectivity index (χ0v) is 7.84. The molecule has 1 aromatic carbocycles. The Morgan fingerprint density at radius 1 is 1.21 bits per heavy atom. The molecule has 0 radical (unpaired) electrons. The van der Waals surface area contributed by atoms with Crippen LogP contribution in [0.1, 0.15) is 5.56 Å². The molecule has 0 aliphatic heterocycles. The van der Waals surface area contributed by atoms with Crippen molar-refractivity contribution in [3.05, 3.63) is 58.8 Å². The molecule has 0 saturated heterocycles. The van der Waals surface area contributed by atoms with Gasteiger partial charge in [-0.05, 0) is 25.1 Å². The number of nitrogens with zero attached hydrogens (tertiary/aromatic N) is 2. The van der Waals surface area contributed by atoms with Crippen LogP contribution in [0.25, 0.3) is 5.69 Å². The number of benzene rings is 1. The second-order valence-electron chi connectivity index (χ2n) is 3.11. The Hall–Kier alpha value is -1.90. The minimum absolute atomic E-state index is 0.253. The summed E-state index contributed by atoms with van der Waals surface area (Å²) in [5.74, 6) is 0. The Kier molecular flexibility index (Phi) is 2.14. The summed E-state index contributed by atoms with van der Waals surface area (Å²) in [5, 5.41) is 0. The van der Waals surface area contributed by atoms with Gasteiger partial charge in [0.2, 0.25) is 0 Å². The van der Waals surface area contributed by atoms with Crippen molar-refractivity contribution in [2.24, 2.45) is 0 Å². The lowest BCUT2D eigenvalue weighted by molar-refractivity contribution is 0.913. The fourth-order valence-corrected chi connectivity index (χ4v) is 1.26. The Morgan fingerprint density at radius 2 is 1.93 bits per heavy atom. The Bertz CT molecular complexity index is 485. The molecular weight excluding hydrogens is 176 g/mol. The summed E-state index contributed by atoms with van der Waals surface area (Å²) < 4.78 is 1.51. The number of hydrogen-bond acceptors (Lipinski definition) is 2. The predicted octanol–water partition coefficient (Wildman–Crippen LogP) is 1.54. The molecule has 1 aromatic heterocycles. The Labute approximate surface area is 81.7 Å². The van der Waals surface area contributed by atoms with Crippen LogP contribution in [0.3, 0.4) is 0 Å². The van der Waals surface area contributed by atoms with E-state index in [2.05, 4.69) is 4.98 Å². The first-order chi connectivity index (χ1) is 6.77. The van der Waals surface area contributed by atoms with Crippen LogP contribution in [-0.2, 0) is 0 Å². The van der Waals surface area contributed by atoms with E-state index >= 15 is 0 Å². The molecule has 0 aliphatic carbocycles. The molecule has 14 heavy (non-hydrogen) atoms. The normalized spacial score (nSPS) is 10.1. The van der Waals surface area contributed by atoms with Crippen molar-refractivity contribution in [2.45, 2.75) is 6.92 Å². The van der Waals surface area contributed by atoms with Crippen LogP contribution in [0.2, 0.25) is 0 Å². The molecule has 3 heteroatoms. The van der Waals surface area contributed by atoms with Gasteiger partial charge < -0.3 is 0 Å². The van der Waals surface area contributed by atoms with Gasteiger partial charge >= 0.3 is 5.69 Å². The highest BCUT2D eigenvalue weighted by Gasteiger charge is 1.97. The topological polar surface area (TPSA) is 34.9 Å². The highest BCUT2D eigenvalue weighted by Crippen LogP contribution is 2.05. The SMILES string of the molecule is Cc1ccc(-n2cccnc2=O)cc1. The first-order valence-electron chi connectivity index (χ1n) is 4.38. The van der Waals surface area contributed by atoms with Crippen LogP contribution >= 0.6 is 0 Å². The van der Waals surface area contributed by atoms with Gasteiger partial charge in [-0.3, -0.25) is 4.57 Å². The summed E-state index contributed by atoms with van der Waals surface area (Å²) in [7, 11) is 0. The minimum Gasteiger partial charge on any atom is -0.268 e. The van der Waals surface area contributed by atoms with E-state index in [1.165, 1.54) is 16.3 Å². The molecule has 0 fully saturated rings. The minimum atomic E-state index is -0.253. The zero-order valence-electron chi connectivity index (χ0n) is 7.84. The molecular formula is C11H10N2O. The highest BCUT2D eigenvalue weighted by atomic mass is 16.1. The van der Waals surface area contributed by atoms with Gasteiger partial charge in [0, 0.05) is 12.4 Å². The van der Waals surface area contributed by atoms with Crippen molar-refractivity contribution < 1.29 is 0 Å². The fourth-order valence-electron chi connectivity index (χ4n) is 1.26. The number of aromatic nitrogens is 2. The Morgan fingerprint density at radius 3 is 2.57 bits per heavy atom. The monoisotopic (exact) mass is 186 g/mol. The van der Waals surface area contributed by atoms with Crippen molar-refractivity contribution >= 4 is 0 Å². The second-order valence-corrected chi connectivity index (χ2v) is 3.11. The molecule has 2 rings (SSSR count). The van der Waals surface area contributed by atoms with E-state index in [0.29, 0.717) is 0 Å². The van der Waals surface area contributed by atoms with Crippen LogP contribution < -0.4 is 5.69 Å². The molecule has 0 atom stereocenters. The lowest BCUT2D eigenvalue weighted by Crippen LogP contribution is -2.19. The largest absolute Gasteiger partial charge is 0.352 e. The number of aryl methyl sites for hydroxylation is 1.